The van der Waals surface area contributed by atoms with Gasteiger partial charge in [-0.15, -0.1) is 0 Å². The van der Waals surface area contributed by atoms with Crippen molar-refractivity contribution < 1.29 is 0 Å². The van der Waals surface area contributed by atoms with Crippen LogP contribution in [0.1, 0.15) is 5.56 Å². The minimum absolute atomic E-state index is 0.470. The van der Waals surface area contributed by atoms with Gasteiger partial charge in [0.2, 0.25) is 0 Å². The van der Waals surface area contributed by atoms with E-state index < -0.39 is 0 Å². The number of nitrogens with one attached hydrogen (secondary N) is 1. The molecule has 0 fully saturated rings. The monoisotopic (exact) mass is 275 g/mol. The van der Waals surface area contributed by atoms with Crippen molar-refractivity contribution in [2.45, 2.75) is 0 Å². The molecule has 2 aromatic heterocycles. The van der Waals surface area contributed by atoms with Crippen molar-refractivity contribution in [2.24, 2.45) is 4.99 Å². The summed E-state index contributed by atoms with van der Waals surface area (Å²) < 4.78 is 0. The normalized spacial score (nSPS) is 13.8. The van der Waals surface area contributed by atoms with Gasteiger partial charge < -0.3 is 10.7 Å². The lowest BCUT2D eigenvalue weighted by Gasteiger charge is -2.06. The largest absolute Gasteiger partial charge is 0.383 e. The maximum Gasteiger partial charge on any atom is 0.142 e. The van der Waals surface area contributed by atoms with E-state index in [-0.39, 0.29) is 0 Å². The van der Waals surface area contributed by atoms with Crippen molar-refractivity contribution >= 4 is 28.6 Å². The Morgan fingerprint density at radius 1 is 1.19 bits per heavy atom. The highest BCUT2D eigenvalue weighted by Gasteiger charge is 2.12. The summed E-state index contributed by atoms with van der Waals surface area (Å²) in [6.07, 6.45) is 5.59. The lowest BCUT2D eigenvalue weighted by molar-refractivity contribution is 1.24. The first-order valence-electron chi connectivity index (χ1n) is 6.71. The molecule has 0 unspecified atom stereocenters. The Hall–Kier alpha value is -2.95. The minimum Gasteiger partial charge on any atom is -0.383 e. The fraction of sp³-hybridized carbons (Fsp3) is 0.0625. The number of aromatic nitrogens is 3. The number of nitrogens with two attached hydrogens (primary N) is 1. The first kappa shape index (κ1) is 11.8. The summed E-state index contributed by atoms with van der Waals surface area (Å²) in [5, 5.41) is 0. The van der Waals surface area contributed by atoms with Crippen LogP contribution in [0.25, 0.3) is 28.0 Å². The first-order chi connectivity index (χ1) is 10.3. The van der Waals surface area contributed by atoms with E-state index in [0.717, 1.165) is 33.6 Å². The van der Waals surface area contributed by atoms with E-state index in [9.17, 15) is 0 Å². The number of imidazole rings is 1. The number of H-pyrrole nitrogens is 1. The highest BCUT2D eigenvalue weighted by Crippen LogP contribution is 2.28. The van der Waals surface area contributed by atoms with Crippen LogP contribution >= 0.6 is 0 Å². The van der Waals surface area contributed by atoms with Gasteiger partial charge in [-0.3, -0.25) is 4.99 Å². The molecule has 21 heavy (non-hydrogen) atoms. The Balaban J connectivity index is 1.85. The fourth-order valence-corrected chi connectivity index (χ4v) is 2.45. The number of hydrogen-bond acceptors (Lipinski definition) is 4. The number of rotatable bonds is 2. The maximum absolute atomic E-state index is 6.02. The van der Waals surface area contributed by atoms with Gasteiger partial charge in [0.25, 0.3) is 0 Å². The molecule has 3 N–H and O–H groups in total. The Bertz CT molecular complexity index is 856. The topological polar surface area (TPSA) is 79.9 Å². The van der Waals surface area contributed by atoms with E-state index in [0.29, 0.717) is 12.4 Å². The molecule has 5 heteroatoms. The SMILES string of the molecule is Nc1ncc(C2=CC=NC2)cc1-c1nc2ccccc2[nH]1. The molecule has 1 aliphatic heterocycles. The number of pyridine rings is 1. The quantitative estimate of drug-likeness (QED) is 0.754. The third kappa shape index (κ3) is 1.99. The lowest BCUT2D eigenvalue weighted by Crippen LogP contribution is -1.98. The zero-order valence-corrected chi connectivity index (χ0v) is 11.2. The molecule has 0 atom stereocenters. The van der Waals surface area contributed by atoms with Gasteiger partial charge in [-0.05, 0) is 35.4 Å². The molecule has 0 saturated heterocycles. The second-order valence-corrected chi connectivity index (χ2v) is 4.94. The Morgan fingerprint density at radius 2 is 2.10 bits per heavy atom. The van der Waals surface area contributed by atoms with Crippen molar-refractivity contribution in [3.63, 3.8) is 0 Å². The number of allylic oxidation sites excluding steroid dienone is 1. The van der Waals surface area contributed by atoms with Crippen molar-refractivity contribution in [1.82, 2.24) is 15.0 Å². The highest BCUT2D eigenvalue weighted by atomic mass is 14.9. The van der Waals surface area contributed by atoms with Crippen molar-refractivity contribution in [3.05, 3.63) is 48.2 Å². The minimum atomic E-state index is 0.470. The molecule has 0 aliphatic carbocycles. The van der Waals surface area contributed by atoms with Crippen molar-refractivity contribution in [1.29, 1.82) is 0 Å². The number of fused-ring (bicyclic) bond motifs is 1. The molecule has 3 aromatic rings. The van der Waals surface area contributed by atoms with Crippen LogP contribution < -0.4 is 5.73 Å². The fourth-order valence-electron chi connectivity index (χ4n) is 2.45. The number of aromatic amines is 1. The molecule has 0 amide bonds. The average molecular weight is 275 g/mol. The van der Waals surface area contributed by atoms with Crippen LogP contribution in [0.15, 0.2) is 47.6 Å². The van der Waals surface area contributed by atoms with Gasteiger partial charge in [0.15, 0.2) is 0 Å². The molecule has 0 saturated carbocycles. The maximum atomic E-state index is 6.02. The van der Waals surface area contributed by atoms with Gasteiger partial charge in [0.1, 0.15) is 11.6 Å². The lowest BCUT2D eigenvalue weighted by atomic mass is 10.1. The van der Waals surface area contributed by atoms with E-state index in [1.165, 1.54) is 0 Å². The molecular formula is C16H13N5. The summed E-state index contributed by atoms with van der Waals surface area (Å²) in [7, 11) is 0. The van der Waals surface area contributed by atoms with E-state index in [1.807, 2.05) is 42.6 Å². The summed E-state index contributed by atoms with van der Waals surface area (Å²) >= 11 is 0. The second-order valence-electron chi connectivity index (χ2n) is 4.94. The van der Waals surface area contributed by atoms with Gasteiger partial charge in [-0.2, -0.15) is 0 Å². The predicted octanol–water partition coefficient (Wildman–Crippen LogP) is 2.67. The van der Waals surface area contributed by atoms with E-state index in [4.69, 9.17) is 5.73 Å². The molecular weight excluding hydrogens is 262 g/mol. The molecule has 3 heterocycles. The molecule has 4 rings (SSSR count). The summed E-state index contributed by atoms with van der Waals surface area (Å²) in [5.41, 5.74) is 10.9. The first-order valence-corrected chi connectivity index (χ1v) is 6.71. The van der Waals surface area contributed by atoms with E-state index in [2.05, 4.69) is 19.9 Å². The molecule has 0 bridgehead atoms. The standard InChI is InChI=1S/C16H13N5/c17-15-12(7-11(9-19-15)10-5-6-18-8-10)16-20-13-3-1-2-4-14(13)21-16/h1-7,9H,8H2,(H2,17,19)(H,20,21). The number of nitrogen functional groups attached to an aromatic ring is 1. The molecule has 5 nitrogen and oxygen atoms in total. The number of para-hydroxylation sites is 2. The number of hydrogen-bond donors (Lipinski definition) is 2. The van der Waals surface area contributed by atoms with Gasteiger partial charge in [0, 0.05) is 12.4 Å². The van der Waals surface area contributed by atoms with Crippen molar-refractivity contribution in [2.75, 3.05) is 12.3 Å². The highest BCUT2D eigenvalue weighted by molar-refractivity contribution is 5.91. The molecule has 1 aromatic carbocycles. The summed E-state index contributed by atoms with van der Waals surface area (Å²) in [6.45, 7) is 0.686. The molecule has 0 radical (unpaired) electrons. The smallest absolute Gasteiger partial charge is 0.142 e. The van der Waals surface area contributed by atoms with Crippen LogP contribution in [-0.4, -0.2) is 27.7 Å². The van der Waals surface area contributed by atoms with E-state index >= 15 is 0 Å². The van der Waals surface area contributed by atoms with Crippen LogP contribution in [0.2, 0.25) is 0 Å². The van der Waals surface area contributed by atoms with Crippen molar-refractivity contribution in [3.8, 4) is 11.4 Å². The summed E-state index contributed by atoms with van der Waals surface area (Å²) in [5.74, 6) is 1.21. The van der Waals surface area contributed by atoms with Gasteiger partial charge in [0.05, 0.1) is 23.1 Å². The molecule has 1 aliphatic rings. The van der Waals surface area contributed by atoms with E-state index in [1.54, 1.807) is 6.20 Å². The molecule has 102 valence electrons. The van der Waals surface area contributed by atoms with Crippen LogP contribution in [0.3, 0.4) is 0 Å². The third-order valence-corrected chi connectivity index (χ3v) is 3.58. The number of nitrogens with zero attached hydrogens (tertiary/aromatic N) is 3. The second kappa shape index (κ2) is 4.56. The van der Waals surface area contributed by atoms with Crippen LogP contribution in [0.4, 0.5) is 5.82 Å². The Labute approximate surface area is 121 Å². The Morgan fingerprint density at radius 3 is 2.90 bits per heavy atom. The van der Waals surface area contributed by atoms with Crippen LogP contribution in [0, 0.1) is 0 Å². The van der Waals surface area contributed by atoms with Crippen LogP contribution in [-0.2, 0) is 0 Å². The molecule has 0 spiro atoms. The summed E-state index contributed by atoms with van der Waals surface area (Å²) in [6, 6.07) is 9.91. The third-order valence-electron chi connectivity index (χ3n) is 3.58. The Kier molecular flexibility index (Phi) is 2.57. The summed E-state index contributed by atoms with van der Waals surface area (Å²) in [4.78, 5) is 16.4. The average Bonchev–Trinajstić information content (AvgIpc) is 3.17. The van der Waals surface area contributed by atoms with Crippen LogP contribution in [0.5, 0.6) is 0 Å². The number of aliphatic imine (C=N–C) groups is 1. The number of benzene rings is 1. The van der Waals surface area contributed by atoms with Gasteiger partial charge in [-0.1, -0.05) is 12.1 Å². The van der Waals surface area contributed by atoms with Gasteiger partial charge >= 0.3 is 0 Å². The zero-order valence-electron chi connectivity index (χ0n) is 11.2. The zero-order chi connectivity index (χ0) is 14.2. The number of anilines is 1. The predicted molar refractivity (Wildman–Crippen MR) is 85.1 cm³/mol. The van der Waals surface area contributed by atoms with Gasteiger partial charge in [-0.25, -0.2) is 9.97 Å².